The first-order valence-electron chi connectivity index (χ1n) is 6.05. The van der Waals surface area contributed by atoms with Gasteiger partial charge in [0.25, 0.3) is 0 Å². The topological polar surface area (TPSA) is 24.9 Å². The van der Waals surface area contributed by atoms with Crippen LogP contribution in [0, 0.1) is 6.92 Å². The molecule has 1 aromatic carbocycles. The highest BCUT2D eigenvalue weighted by molar-refractivity contribution is 9.10. The van der Waals surface area contributed by atoms with Gasteiger partial charge in [-0.15, -0.1) is 0 Å². The Bertz CT molecular complexity index is 511. The minimum absolute atomic E-state index is 0.304. The summed E-state index contributed by atoms with van der Waals surface area (Å²) in [5.74, 6) is 0. The third kappa shape index (κ3) is 3.40. The van der Waals surface area contributed by atoms with E-state index >= 15 is 0 Å². The van der Waals surface area contributed by atoms with Crippen LogP contribution in [0.15, 0.2) is 47.2 Å². The van der Waals surface area contributed by atoms with E-state index in [1.807, 2.05) is 12.3 Å². The van der Waals surface area contributed by atoms with Crippen molar-refractivity contribution in [3.63, 3.8) is 0 Å². The molecule has 94 valence electrons. The van der Waals surface area contributed by atoms with E-state index in [-0.39, 0.29) is 0 Å². The molecule has 3 heteroatoms. The number of pyridine rings is 1. The second-order valence-electron chi connectivity index (χ2n) is 4.47. The van der Waals surface area contributed by atoms with Crippen LogP contribution in [0.5, 0.6) is 0 Å². The summed E-state index contributed by atoms with van der Waals surface area (Å²) in [5.41, 5.74) is 3.76. The lowest BCUT2D eigenvalue weighted by Gasteiger charge is -2.14. The molecule has 2 nitrogen and oxygen atoms in total. The van der Waals surface area contributed by atoms with Crippen molar-refractivity contribution in [2.24, 2.45) is 0 Å². The number of hydrogen-bond acceptors (Lipinski definition) is 2. The van der Waals surface area contributed by atoms with Crippen LogP contribution < -0.4 is 5.32 Å². The number of aromatic nitrogens is 1. The standard InChI is InChI=1S/C15H17BrN2/c1-11-5-6-13(8-15(11)16)9-18-12(2)14-4-3-7-17-10-14/h3-8,10,12,18H,9H2,1-2H3. The number of benzene rings is 1. The van der Waals surface area contributed by atoms with E-state index in [1.165, 1.54) is 16.7 Å². The monoisotopic (exact) mass is 304 g/mol. The quantitative estimate of drug-likeness (QED) is 0.923. The lowest BCUT2D eigenvalue weighted by molar-refractivity contribution is 0.573. The van der Waals surface area contributed by atoms with E-state index < -0.39 is 0 Å². The fourth-order valence-electron chi connectivity index (χ4n) is 1.77. The van der Waals surface area contributed by atoms with Crippen LogP contribution in [0.4, 0.5) is 0 Å². The molecule has 0 aliphatic heterocycles. The highest BCUT2D eigenvalue weighted by Gasteiger charge is 2.05. The summed E-state index contributed by atoms with van der Waals surface area (Å²) in [5, 5.41) is 3.50. The molecule has 0 bridgehead atoms. The maximum absolute atomic E-state index is 4.14. The third-order valence-corrected chi connectivity index (χ3v) is 3.89. The van der Waals surface area contributed by atoms with E-state index in [0.717, 1.165) is 11.0 Å². The summed E-state index contributed by atoms with van der Waals surface area (Å²) in [4.78, 5) is 4.14. The lowest BCUT2D eigenvalue weighted by atomic mass is 10.1. The summed E-state index contributed by atoms with van der Waals surface area (Å²) in [6.45, 7) is 5.11. The first-order valence-corrected chi connectivity index (χ1v) is 6.84. The maximum atomic E-state index is 4.14. The van der Waals surface area contributed by atoms with Gasteiger partial charge in [-0.3, -0.25) is 4.98 Å². The van der Waals surface area contributed by atoms with Gasteiger partial charge in [0, 0.05) is 29.5 Å². The summed E-state index contributed by atoms with van der Waals surface area (Å²) >= 11 is 3.56. The summed E-state index contributed by atoms with van der Waals surface area (Å²) in [6.07, 6.45) is 3.70. The fourth-order valence-corrected chi connectivity index (χ4v) is 2.19. The molecule has 2 rings (SSSR count). The van der Waals surface area contributed by atoms with E-state index in [0.29, 0.717) is 6.04 Å². The Kier molecular flexibility index (Phi) is 4.50. The van der Waals surface area contributed by atoms with Crippen LogP contribution in [-0.4, -0.2) is 4.98 Å². The Morgan fingerprint density at radius 2 is 2.17 bits per heavy atom. The maximum Gasteiger partial charge on any atom is 0.0315 e. The number of nitrogens with one attached hydrogen (secondary N) is 1. The molecule has 1 heterocycles. The molecule has 0 radical (unpaired) electrons. The molecule has 0 aliphatic carbocycles. The van der Waals surface area contributed by atoms with Crippen LogP contribution in [0.3, 0.4) is 0 Å². The Labute approximate surface area is 117 Å². The van der Waals surface area contributed by atoms with Gasteiger partial charge in [-0.1, -0.05) is 34.1 Å². The van der Waals surface area contributed by atoms with Gasteiger partial charge < -0.3 is 5.32 Å². The zero-order chi connectivity index (χ0) is 13.0. The highest BCUT2D eigenvalue weighted by Crippen LogP contribution is 2.18. The van der Waals surface area contributed by atoms with Gasteiger partial charge in [-0.2, -0.15) is 0 Å². The van der Waals surface area contributed by atoms with Crippen LogP contribution in [0.2, 0.25) is 0 Å². The lowest BCUT2D eigenvalue weighted by Crippen LogP contribution is -2.18. The molecule has 2 aromatic rings. The molecule has 1 atom stereocenters. The highest BCUT2D eigenvalue weighted by atomic mass is 79.9. The van der Waals surface area contributed by atoms with Crippen molar-refractivity contribution in [1.82, 2.24) is 10.3 Å². The molecule has 0 saturated carbocycles. The fraction of sp³-hybridized carbons (Fsp3) is 0.267. The third-order valence-electron chi connectivity index (χ3n) is 3.03. The molecule has 1 aromatic heterocycles. The Morgan fingerprint density at radius 3 is 2.83 bits per heavy atom. The normalized spacial score (nSPS) is 12.4. The molecule has 18 heavy (non-hydrogen) atoms. The molecule has 0 saturated heterocycles. The predicted octanol–water partition coefficient (Wildman–Crippen LogP) is 4.00. The molecule has 0 aliphatic rings. The first-order chi connectivity index (χ1) is 8.66. The average Bonchev–Trinajstić information content (AvgIpc) is 2.41. The van der Waals surface area contributed by atoms with Gasteiger partial charge in [0.1, 0.15) is 0 Å². The second-order valence-corrected chi connectivity index (χ2v) is 5.33. The van der Waals surface area contributed by atoms with E-state index in [9.17, 15) is 0 Å². The summed E-state index contributed by atoms with van der Waals surface area (Å²) < 4.78 is 1.16. The van der Waals surface area contributed by atoms with Crippen molar-refractivity contribution < 1.29 is 0 Å². The van der Waals surface area contributed by atoms with E-state index in [4.69, 9.17) is 0 Å². The van der Waals surface area contributed by atoms with Crippen LogP contribution in [0.1, 0.15) is 29.7 Å². The molecule has 1 N–H and O–H groups in total. The number of hydrogen-bond donors (Lipinski definition) is 1. The van der Waals surface area contributed by atoms with E-state index in [1.54, 1.807) is 6.20 Å². The van der Waals surface area contributed by atoms with Crippen molar-refractivity contribution >= 4 is 15.9 Å². The average molecular weight is 305 g/mol. The summed E-state index contributed by atoms with van der Waals surface area (Å²) in [7, 11) is 0. The smallest absolute Gasteiger partial charge is 0.0315 e. The molecular weight excluding hydrogens is 288 g/mol. The molecular formula is C15H17BrN2. The van der Waals surface area contributed by atoms with Crippen LogP contribution >= 0.6 is 15.9 Å². The minimum Gasteiger partial charge on any atom is -0.306 e. The Balaban J connectivity index is 1.97. The second kappa shape index (κ2) is 6.12. The van der Waals surface area contributed by atoms with Gasteiger partial charge >= 0.3 is 0 Å². The minimum atomic E-state index is 0.304. The van der Waals surface area contributed by atoms with Crippen molar-refractivity contribution in [2.75, 3.05) is 0 Å². The summed E-state index contributed by atoms with van der Waals surface area (Å²) in [6, 6.07) is 10.8. The number of nitrogens with zero attached hydrogens (tertiary/aromatic N) is 1. The first kappa shape index (κ1) is 13.2. The Morgan fingerprint density at radius 1 is 1.33 bits per heavy atom. The molecule has 0 fully saturated rings. The SMILES string of the molecule is Cc1ccc(CNC(C)c2cccnc2)cc1Br. The van der Waals surface area contributed by atoms with E-state index in [2.05, 4.69) is 64.3 Å². The Hall–Kier alpha value is -1.19. The largest absolute Gasteiger partial charge is 0.306 e. The number of halogens is 1. The zero-order valence-electron chi connectivity index (χ0n) is 10.7. The number of aryl methyl sites for hydroxylation is 1. The van der Waals surface area contributed by atoms with Crippen LogP contribution in [0.25, 0.3) is 0 Å². The van der Waals surface area contributed by atoms with Gasteiger partial charge in [0.05, 0.1) is 0 Å². The number of rotatable bonds is 4. The zero-order valence-corrected chi connectivity index (χ0v) is 12.2. The predicted molar refractivity (Wildman–Crippen MR) is 78.4 cm³/mol. The van der Waals surface area contributed by atoms with Gasteiger partial charge in [0.2, 0.25) is 0 Å². The molecule has 1 unspecified atom stereocenters. The van der Waals surface area contributed by atoms with Crippen molar-refractivity contribution in [3.8, 4) is 0 Å². The molecule has 0 amide bonds. The van der Waals surface area contributed by atoms with Gasteiger partial charge in [-0.25, -0.2) is 0 Å². The van der Waals surface area contributed by atoms with Crippen molar-refractivity contribution in [2.45, 2.75) is 26.4 Å². The van der Waals surface area contributed by atoms with Gasteiger partial charge in [-0.05, 0) is 42.7 Å². The van der Waals surface area contributed by atoms with Crippen molar-refractivity contribution in [1.29, 1.82) is 0 Å². The molecule has 0 spiro atoms. The van der Waals surface area contributed by atoms with Crippen molar-refractivity contribution in [3.05, 3.63) is 63.9 Å². The van der Waals surface area contributed by atoms with Gasteiger partial charge in [0.15, 0.2) is 0 Å². The van der Waals surface area contributed by atoms with Crippen LogP contribution in [-0.2, 0) is 6.54 Å².